The predicted octanol–water partition coefficient (Wildman–Crippen LogP) is 3.37. The van der Waals surface area contributed by atoms with Gasteiger partial charge in [0.25, 0.3) is 0 Å². The molecule has 0 aromatic heterocycles. The van der Waals surface area contributed by atoms with Crippen molar-refractivity contribution in [3.8, 4) is 12.3 Å². The van der Waals surface area contributed by atoms with Gasteiger partial charge in [-0.2, -0.15) is 5.01 Å². The fraction of sp³-hybridized carbons (Fsp3) is 0.414. The third-order valence-electron chi connectivity index (χ3n) is 7.06. The molecule has 1 N–H and O–H groups in total. The third-order valence-corrected chi connectivity index (χ3v) is 7.06. The van der Waals surface area contributed by atoms with Gasteiger partial charge < -0.3 is 15.1 Å². The molecule has 2 aliphatic heterocycles. The van der Waals surface area contributed by atoms with Gasteiger partial charge in [-0.15, -0.1) is 6.42 Å². The highest BCUT2D eigenvalue weighted by molar-refractivity contribution is 5.91. The van der Waals surface area contributed by atoms with Gasteiger partial charge >= 0.3 is 6.03 Å². The Hall–Kier alpha value is -3.90. The van der Waals surface area contributed by atoms with Crippen molar-refractivity contribution >= 4 is 17.8 Å². The molecule has 3 atom stereocenters. The minimum Gasteiger partial charge on any atom is -0.333 e. The number of hydrazine groups is 1. The van der Waals surface area contributed by atoms with Crippen LogP contribution in [0.15, 0.2) is 54.6 Å². The molecule has 2 fully saturated rings. The van der Waals surface area contributed by atoms with Gasteiger partial charge in [0.05, 0.1) is 25.7 Å². The summed E-state index contributed by atoms with van der Waals surface area (Å²) in [6.45, 7) is 6.21. The van der Waals surface area contributed by atoms with E-state index >= 15 is 0 Å². The highest BCUT2D eigenvalue weighted by Gasteiger charge is 2.52. The van der Waals surface area contributed by atoms with Crippen molar-refractivity contribution in [3.63, 3.8) is 0 Å². The fourth-order valence-electron chi connectivity index (χ4n) is 5.20. The van der Waals surface area contributed by atoms with Crippen LogP contribution in [0.25, 0.3) is 0 Å². The summed E-state index contributed by atoms with van der Waals surface area (Å²) in [6, 6.07) is 14.0. The zero-order chi connectivity index (χ0) is 27.4. The van der Waals surface area contributed by atoms with Crippen molar-refractivity contribution in [1.29, 1.82) is 0 Å². The van der Waals surface area contributed by atoms with Gasteiger partial charge in [-0.05, 0) is 42.5 Å². The number of benzene rings is 2. The van der Waals surface area contributed by atoms with Crippen molar-refractivity contribution in [2.24, 2.45) is 5.92 Å². The average molecular weight is 520 g/mol. The average Bonchev–Trinajstić information content (AvgIpc) is 2.89. The zero-order valence-corrected chi connectivity index (χ0v) is 22.0. The number of halogens is 1. The number of nitrogens with zero attached hydrogens (tertiary/aromatic N) is 4. The van der Waals surface area contributed by atoms with Crippen LogP contribution in [0.5, 0.6) is 0 Å². The maximum Gasteiger partial charge on any atom is 0.334 e. The molecule has 0 spiro atoms. The lowest BCUT2D eigenvalue weighted by molar-refractivity contribution is -0.191. The molecule has 0 bridgehead atoms. The molecule has 2 heterocycles. The molecule has 200 valence electrons. The fourth-order valence-corrected chi connectivity index (χ4v) is 5.20. The Labute approximate surface area is 223 Å². The van der Waals surface area contributed by atoms with E-state index in [1.807, 2.05) is 51.1 Å². The number of carbonyl (C=O) groups is 3. The predicted molar refractivity (Wildman–Crippen MR) is 141 cm³/mol. The second-order valence-electron chi connectivity index (χ2n) is 10.2. The van der Waals surface area contributed by atoms with Crippen molar-refractivity contribution in [2.75, 3.05) is 19.6 Å². The lowest BCUT2D eigenvalue weighted by atomic mass is 9.95. The van der Waals surface area contributed by atoms with Gasteiger partial charge in [0.15, 0.2) is 0 Å². The normalized spacial score (nSPS) is 20.8. The maximum atomic E-state index is 13.8. The number of carbonyl (C=O) groups excluding carboxylic acids is 3. The Bertz CT molecular complexity index is 1200. The summed E-state index contributed by atoms with van der Waals surface area (Å²) in [4.78, 5) is 44.1. The number of hydrogen-bond donors (Lipinski definition) is 1. The number of hydrogen-bond acceptors (Lipinski definition) is 4. The first-order chi connectivity index (χ1) is 18.2. The summed E-state index contributed by atoms with van der Waals surface area (Å²) in [6.07, 6.45) is 5.31. The van der Waals surface area contributed by atoms with Crippen LogP contribution in [0.3, 0.4) is 0 Å². The lowest BCUT2D eigenvalue weighted by Crippen LogP contribution is -2.76. The van der Waals surface area contributed by atoms with Crippen LogP contribution < -0.4 is 5.32 Å². The smallest absolute Gasteiger partial charge is 0.333 e. The van der Waals surface area contributed by atoms with Crippen LogP contribution in [0.2, 0.25) is 0 Å². The van der Waals surface area contributed by atoms with Crippen molar-refractivity contribution < 1.29 is 18.8 Å². The first-order valence-electron chi connectivity index (χ1n) is 12.9. The standard InChI is InChI=1S/C29H34FN5O3/c1-5-15-32-19-27(36)34-25(16-20(2)3)28(37)33(21(4)23-11-13-24(30)14-12-23)18-26(34)35(32)29(38)31-17-22-9-7-6-8-10-22/h1,6-14,20-21,25-26H,15-19H2,2-4H3,(H,31,38). The van der Waals surface area contributed by atoms with E-state index in [1.165, 1.54) is 17.1 Å². The van der Waals surface area contributed by atoms with Gasteiger partial charge in [-0.25, -0.2) is 14.2 Å². The summed E-state index contributed by atoms with van der Waals surface area (Å²) in [5, 5.41) is 6.00. The van der Waals surface area contributed by atoms with Crippen LogP contribution in [-0.4, -0.2) is 69.5 Å². The van der Waals surface area contributed by atoms with Crippen molar-refractivity contribution in [2.45, 2.75) is 52.0 Å². The van der Waals surface area contributed by atoms with E-state index < -0.39 is 24.3 Å². The molecule has 9 heteroatoms. The van der Waals surface area contributed by atoms with Crippen molar-refractivity contribution in [1.82, 2.24) is 25.1 Å². The van der Waals surface area contributed by atoms with Crippen LogP contribution in [0.1, 0.15) is 44.4 Å². The quantitative estimate of drug-likeness (QED) is 0.570. The van der Waals surface area contributed by atoms with Crippen LogP contribution in [0.4, 0.5) is 9.18 Å². The SMILES string of the molecule is C#CCN1CC(=O)N2C(CC(C)C)C(=O)N(C(C)c3ccc(F)cc3)CC2N1C(=O)NCc1ccccc1. The first kappa shape index (κ1) is 27.1. The molecule has 2 aromatic carbocycles. The monoisotopic (exact) mass is 519 g/mol. The van der Waals surface area contributed by atoms with Crippen molar-refractivity contribution in [3.05, 3.63) is 71.5 Å². The summed E-state index contributed by atoms with van der Waals surface area (Å²) in [7, 11) is 0. The number of rotatable bonds is 7. The Kier molecular flexibility index (Phi) is 8.32. The molecule has 0 aliphatic carbocycles. The number of nitrogens with one attached hydrogen (secondary N) is 1. The lowest BCUT2D eigenvalue weighted by Gasteiger charge is -2.56. The molecule has 0 radical (unpaired) electrons. The Morgan fingerprint density at radius 3 is 2.42 bits per heavy atom. The molecule has 0 saturated carbocycles. The molecular weight excluding hydrogens is 485 g/mol. The molecule has 8 nitrogen and oxygen atoms in total. The second-order valence-corrected chi connectivity index (χ2v) is 10.2. The summed E-state index contributed by atoms with van der Waals surface area (Å²) in [5.74, 6) is 1.88. The molecule has 2 aliphatic rings. The number of terminal acetylenes is 1. The summed E-state index contributed by atoms with van der Waals surface area (Å²) >= 11 is 0. The zero-order valence-electron chi connectivity index (χ0n) is 22.0. The Morgan fingerprint density at radius 2 is 1.79 bits per heavy atom. The van der Waals surface area contributed by atoms with Crippen LogP contribution in [-0.2, 0) is 16.1 Å². The second kappa shape index (κ2) is 11.7. The van der Waals surface area contributed by atoms with E-state index in [1.54, 1.807) is 26.9 Å². The maximum absolute atomic E-state index is 13.8. The van der Waals surface area contributed by atoms with Gasteiger partial charge in [-0.3, -0.25) is 9.59 Å². The van der Waals surface area contributed by atoms with Gasteiger partial charge in [0, 0.05) is 6.54 Å². The molecule has 2 saturated heterocycles. The molecule has 38 heavy (non-hydrogen) atoms. The summed E-state index contributed by atoms with van der Waals surface area (Å²) < 4.78 is 13.6. The highest BCUT2D eigenvalue weighted by atomic mass is 19.1. The number of piperazine rings is 1. The Morgan fingerprint density at radius 1 is 1.11 bits per heavy atom. The topological polar surface area (TPSA) is 76.2 Å². The van der Waals surface area contributed by atoms with Gasteiger partial charge in [0.2, 0.25) is 11.8 Å². The number of urea groups is 1. The van der Waals surface area contributed by atoms with E-state index in [2.05, 4.69) is 11.2 Å². The van der Waals surface area contributed by atoms with E-state index in [-0.39, 0.29) is 43.2 Å². The molecular formula is C29H34FN5O3. The molecule has 4 rings (SSSR count). The van der Waals surface area contributed by atoms with Crippen LogP contribution in [0, 0.1) is 24.1 Å². The molecule has 2 aromatic rings. The minimum absolute atomic E-state index is 0.0607. The molecule has 4 amide bonds. The van der Waals surface area contributed by atoms with E-state index in [4.69, 9.17) is 6.42 Å². The van der Waals surface area contributed by atoms with E-state index in [0.29, 0.717) is 13.0 Å². The minimum atomic E-state index is -0.746. The third kappa shape index (κ3) is 5.65. The largest absolute Gasteiger partial charge is 0.334 e. The van der Waals surface area contributed by atoms with Crippen LogP contribution >= 0.6 is 0 Å². The van der Waals surface area contributed by atoms with Gasteiger partial charge in [0.1, 0.15) is 18.0 Å². The van der Waals surface area contributed by atoms with E-state index in [0.717, 1.165) is 11.1 Å². The van der Waals surface area contributed by atoms with Gasteiger partial charge in [-0.1, -0.05) is 62.2 Å². The highest BCUT2D eigenvalue weighted by Crippen LogP contribution is 2.33. The Balaban J connectivity index is 1.69. The summed E-state index contributed by atoms with van der Waals surface area (Å²) in [5.41, 5.74) is 1.69. The van der Waals surface area contributed by atoms with E-state index in [9.17, 15) is 18.8 Å². The molecule has 3 unspecified atom stereocenters. The first-order valence-corrected chi connectivity index (χ1v) is 12.9. The number of fused-ring (bicyclic) bond motifs is 1. The number of amides is 4.